The lowest BCUT2D eigenvalue weighted by molar-refractivity contribution is 0.336. The minimum absolute atomic E-state index is 0.0243. The molecule has 0 saturated heterocycles. The zero-order valence-electron chi connectivity index (χ0n) is 13.4. The molecule has 0 amide bonds. The average molecular weight is 330 g/mol. The summed E-state index contributed by atoms with van der Waals surface area (Å²) in [5.41, 5.74) is 9.15. The molecule has 0 bridgehead atoms. The number of imidazole rings is 1. The number of benzene rings is 1. The number of fused-ring (bicyclic) bond motifs is 3. The van der Waals surface area contributed by atoms with Crippen LogP contribution in [0.4, 0.5) is 9.70 Å². The fraction of sp³-hybridized carbons (Fsp3) is 0.294. The van der Waals surface area contributed by atoms with Crippen molar-refractivity contribution >= 4 is 46.0 Å². The zero-order valence-corrected chi connectivity index (χ0v) is 14.2. The topological polar surface area (TPSA) is 56.7 Å². The van der Waals surface area contributed by atoms with Gasteiger partial charge >= 0.3 is 0 Å². The Hall–Kier alpha value is -2.08. The number of nitrogens with two attached hydrogens (primary N) is 1. The van der Waals surface area contributed by atoms with E-state index in [0.717, 1.165) is 22.0 Å². The lowest BCUT2D eigenvalue weighted by atomic mass is 9.97. The molecule has 2 N–H and O–H groups in total. The Morgan fingerprint density at radius 1 is 1.35 bits per heavy atom. The third-order valence-electron chi connectivity index (χ3n) is 3.63. The second-order valence-corrected chi connectivity index (χ2v) is 7.31. The first-order valence-electron chi connectivity index (χ1n) is 7.34. The van der Waals surface area contributed by atoms with Gasteiger partial charge in [0.05, 0.1) is 11.0 Å². The lowest BCUT2D eigenvalue weighted by Gasteiger charge is -2.20. The number of hydrogen-bond acceptors (Lipinski definition) is 4. The predicted octanol–water partition coefficient (Wildman–Crippen LogP) is 4.83. The highest BCUT2D eigenvalue weighted by molar-refractivity contribution is 7.94. The number of nitrogens with zero attached hydrogens (tertiary/aromatic N) is 3. The van der Waals surface area contributed by atoms with Crippen LogP contribution in [0.15, 0.2) is 29.9 Å². The molecule has 0 spiro atoms. The molecule has 0 fully saturated rings. The van der Waals surface area contributed by atoms with Crippen molar-refractivity contribution in [3.63, 3.8) is 0 Å². The molecule has 1 aromatic carbocycles. The van der Waals surface area contributed by atoms with Gasteiger partial charge < -0.3 is 10.3 Å². The van der Waals surface area contributed by atoms with Crippen molar-refractivity contribution in [2.24, 2.45) is 5.41 Å². The van der Waals surface area contributed by atoms with E-state index in [0.29, 0.717) is 23.0 Å². The maximum atomic E-state index is 13.4. The van der Waals surface area contributed by atoms with E-state index < -0.39 is 0 Å². The maximum absolute atomic E-state index is 13.4. The highest BCUT2D eigenvalue weighted by Crippen LogP contribution is 2.34. The van der Waals surface area contributed by atoms with Crippen LogP contribution in [0.1, 0.15) is 26.3 Å². The van der Waals surface area contributed by atoms with Crippen molar-refractivity contribution in [2.75, 3.05) is 5.73 Å². The second-order valence-electron chi connectivity index (χ2n) is 6.79. The molecular weight excluding hydrogens is 311 g/mol. The van der Waals surface area contributed by atoms with Crippen LogP contribution in [0.25, 0.3) is 28.0 Å². The van der Waals surface area contributed by atoms with E-state index >= 15 is 0 Å². The number of pyridine rings is 1. The number of nitrogen functional groups attached to an aromatic ring is 1. The van der Waals surface area contributed by atoms with Gasteiger partial charge in [0, 0.05) is 11.9 Å². The Balaban J connectivity index is 2.42. The summed E-state index contributed by atoms with van der Waals surface area (Å²) in [6.45, 7) is 10.7. The van der Waals surface area contributed by atoms with Crippen LogP contribution in [0, 0.1) is 5.41 Å². The van der Waals surface area contributed by atoms with Gasteiger partial charge in [0.15, 0.2) is 5.82 Å². The van der Waals surface area contributed by atoms with E-state index in [1.807, 2.05) is 22.8 Å². The smallest absolute Gasteiger partial charge is 0.202 e. The summed E-state index contributed by atoms with van der Waals surface area (Å²) in [4.78, 5) is 8.77. The van der Waals surface area contributed by atoms with Crippen LogP contribution in [0.3, 0.4) is 0 Å². The Kier molecular flexibility index (Phi) is 3.80. The predicted molar refractivity (Wildman–Crippen MR) is 96.0 cm³/mol. The molecule has 0 saturated carbocycles. The first-order chi connectivity index (χ1) is 10.8. The van der Waals surface area contributed by atoms with E-state index in [1.54, 1.807) is 6.08 Å². The fourth-order valence-corrected chi connectivity index (χ4v) is 3.08. The van der Waals surface area contributed by atoms with E-state index in [-0.39, 0.29) is 17.6 Å². The van der Waals surface area contributed by atoms with E-state index in [1.165, 1.54) is 0 Å². The molecule has 0 atom stereocenters. The molecule has 4 nitrogen and oxygen atoms in total. The molecule has 6 heteroatoms. The Morgan fingerprint density at radius 3 is 2.70 bits per heavy atom. The maximum Gasteiger partial charge on any atom is 0.202 e. The molecular formula is C17H19FN4S. The molecule has 0 aliphatic heterocycles. The first kappa shape index (κ1) is 15.8. The number of rotatable bonds is 3. The average Bonchev–Trinajstić information content (AvgIpc) is 2.84. The van der Waals surface area contributed by atoms with Gasteiger partial charge in [-0.25, -0.2) is 9.97 Å². The fourth-order valence-electron chi connectivity index (χ4n) is 2.72. The van der Waals surface area contributed by atoms with Crippen LogP contribution >= 0.6 is 12.1 Å². The highest BCUT2D eigenvalue weighted by atomic mass is 32.2. The standard InChI is InChI=1S/C17H19FN4S/c1-5-10-6-7-11-12(8-10)20-15(19)13-14(11)22(9-17(2,3)4)16(21-13)23-18/h5-8H,1,9H2,2-4H3,(H2,19,20). The normalized spacial score (nSPS) is 12.2. The third-order valence-corrected chi connectivity index (χ3v) is 4.08. The van der Waals surface area contributed by atoms with Gasteiger partial charge in [-0.3, -0.25) is 0 Å². The Labute approximate surface area is 138 Å². The van der Waals surface area contributed by atoms with Crippen molar-refractivity contribution < 1.29 is 3.89 Å². The quantitative estimate of drug-likeness (QED) is 0.747. The minimum Gasteiger partial charge on any atom is -0.382 e. The van der Waals surface area contributed by atoms with Crippen molar-refractivity contribution in [1.82, 2.24) is 14.5 Å². The molecule has 0 aliphatic carbocycles. The number of aromatic nitrogens is 3. The summed E-state index contributed by atoms with van der Waals surface area (Å²) in [5.74, 6) is 0.316. The van der Waals surface area contributed by atoms with E-state index in [9.17, 15) is 3.89 Å². The molecule has 120 valence electrons. The summed E-state index contributed by atoms with van der Waals surface area (Å²) in [7, 11) is 0. The van der Waals surface area contributed by atoms with Gasteiger partial charge in [0.2, 0.25) is 5.16 Å². The summed E-state index contributed by atoms with van der Waals surface area (Å²) in [6.07, 6.45) is 1.76. The van der Waals surface area contributed by atoms with Gasteiger partial charge in [-0.1, -0.05) is 45.6 Å². The second kappa shape index (κ2) is 5.53. The van der Waals surface area contributed by atoms with E-state index in [2.05, 4.69) is 37.3 Å². The molecule has 3 rings (SSSR count). The molecule has 0 radical (unpaired) electrons. The SMILES string of the molecule is C=Cc1ccc2c(c1)nc(N)c1nc(SF)n(CC(C)(C)C)c12. The minimum atomic E-state index is -0.0243. The Bertz CT molecular complexity index is 908. The van der Waals surface area contributed by atoms with Crippen LogP contribution in [0.5, 0.6) is 0 Å². The van der Waals surface area contributed by atoms with Crippen molar-refractivity contribution in [3.8, 4) is 0 Å². The molecule has 2 aromatic heterocycles. The number of hydrogen-bond donors (Lipinski definition) is 1. The van der Waals surface area contributed by atoms with Gasteiger partial charge in [-0.2, -0.15) is 3.89 Å². The summed E-state index contributed by atoms with van der Waals surface area (Å²) in [5, 5.41) is 1.22. The Morgan fingerprint density at radius 2 is 2.09 bits per heavy atom. The molecule has 23 heavy (non-hydrogen) atoms. The summed E-state index contributed by atoms with van der Waals surface area (Å²) < 4.78 is 15.3. The first-order valence-corrected chi connectivity index (χ1v) is 8.06. The van der Waals surface area contributed by atoms with Gasteiger partial charge in [-0.05, 0) is 17.0 Å². The van der Waals surface area contributed by atoms with Crippen LogP contribution in [-0.4, -0.2) is 14.5 Å². The van der Waals surface area contributed by atoms with Crippen LogP contribution in [0.2, 0.25) is 0 Å². The third kappa shape index (κ3) is 2.79. The molecule has 3 aromatic rings. The molecule has 0 unspecified atom stereocenters. The lowest BCUT2D eigenvalue weighted by Crippen LogP contribution is -2.16. The molecule has 0 aliphatic rings. The largest absolute Gasteiger partial charge is 0.382 e. The van der Waals surface area contributed by atoms with Crippen LogP contribution < -0.4 is 5.73 Å². The van der Waals surface area contributed by atoms with Gasteiger partial charge in [0.25, 0.3) is 0 Å². The van der Waals surface area contributed by atoms with Gasteiger partial charge in [-0.15, -0.1) is 0 Å². The van der Waals surface area contributed by atoms with Crippen molar-refractivity contribution in [2.45, 2.75) is 32.5 Å². The van der Waals surface area contributed by atoms with Crippen molar-refractivity contribution in [3.05, 3.63) is 30.3 Å². The van der Waals surface area contributed by atoms with Crippen LogP contribution in [-0.2, 0) is 6.54 Å². The summed E-state index contributed by atoms with van der Waals surface area (Å²) in [6, 6.07) is 5.85. The number of anilines is 1. The highest BCUT2D eigenvalue weighted by Gasteiger charge is 2.22. The van der Waals surface area contributed by atoms with Crippen molar-refractivity contribution in [1.29, 1.82) is 0 Å². The van der Waals surface area contributed by atoms with Gasteiger partial charge in [0.1, 0.15) is 17.7 Å². The number of halogens is 1. The summed E-state index contributed by atoms with van der Waals surface area (Å²) >= 11 is 0.139. The van der Waals surface area contributed by atoms with E-state index in [4.69, 9.17) is 5.73 Å². The zero-order chi connectivity index (χ0) is 16.8. The monoisotopic (exact) mass is 330 g/mol. The molecule has 2 heterocycles.